The van der Waals surface area contributed by atoms with E-state index in [0.717, 1.165) is 6.54 Å². The van der Waals surface area contributed by atoms with E-state index in [1.807, 2.05) is 0 Å². The van der Waals surface area contributed by atoms with Crippen molar-refractivity contribution in [2.45, 2.75) is 63.6 Å². The molecule has 104 valence electrons. The van der Waals surface area contributed by atoms with Crippen molar-refractivity contribution in [2.24, 2.45) is 5.73 Å². The van der Waals surface area contributed by atoms with Crippen LogP contribution in [0.2, 0.25) is 0 Å². The van der Waals surface area contributed by atoms with Crippen LogP contribution in [0, 0.1) is 0 Å². The van der Waals surface area contributed by atoms with E-state index in [2.05, 4.69) is 36.1 Å². The Morgan fingerprint density at radius 3 is 2.74 bits per heavy atom. The van der Waals surface area contributed by atoms with Crippen molar-refractivity contribution in [2.75, 3.05) is 6.54 Å². The highest BCUT2D eigenvalue weighted by Crippen LogP contribution is 2.31. The quantitative estimate of drug-likeness (QED) is 0.884. The second-order valence-corrected chi connectivity index (χ2v) is 6.28. The van der Waals surface area contributed by atoms with Gasteiger partial charge in [-0.2, -0.15) is 0 Å². The van der Waals surface area contributed by atoms with Crippen LogP contribution >= 0.6 is 0 Å². The monoisotopic (exact) mass is 258 g/mol. The third-order valence-corrected chi connectivity index (χ3v) is 5.10. The van der Waals surface area contributed by atoms with Crippen molar-refractivity contribution < 1.29 is 0 Å². The third-order valence-electron chi connectivity index (χ3n) is 5.10. The molecule has 3 unspecified atom stereocenters. The van der Waals surface area contributed by atoms with E-state index in [1.54, 1.807) is 11.1 Å². The average Bonchev–Trinajstić information content (AvgIpc) is 2.46. The second-order valence-electron chi connectivity index (χ2n) is 6.28. The fourth-order valence-corrected chi connectivity index (χ4v) is 4.14. The Morgan fingerprint density at radius 2 is 1.95 bits per heavy atom. The van der Waals surface area contributed by atoms with Gasteiger partial charge in [-0.15, -0.1) is 0 Å². The fourth-order valence-electron chi connectivity index (χ4n) is 4.14. The van der Waals surface area contributed by atoms with Crippen LogP contribution in [0.5, 0.6) is 0 Å². The molecule has 2 aliphatic rings. The molecule has 1 aromatic carbocycles. The maximum absolute atomic E-state index is 6.02. The Labute approximate surface area is 117 Å². The molecule has 2 N–H and O–H groups in total. The standard InChI is InChI=1S/C17H26N2/c1-13-5-4-8-17(12-18)19(13)16-10-9-14-6-2-3-7-15(14)11-16/h2-3,6-7,13,16-17H,4-5,8-12,18H2,1H3. The van der Waals surface area contributed by atoms with E-state index in [-0.39, 0.29) is 0 Å². The SMILES string of the molecule is CC1CCCC(CN)N1C1CCc2ccccc2C1. The predicted octanol–water partition coefficient (Wildman–Crippen LogP) is 2.75. The van der Waals surface area contributed by atoms with Gasteiger partial charge < -0.3 is 5.73 Å². The lowest BCUT2D eigenvalue weighted by atomic mass is 9.84. The van der Waals surface area contributed by atoms with Gasteiger partial charge in [0.2, 0.25) is 0 Å². The Kier molecular flexibility index (Phi) is 3.90. The summed E-state index contributed by atoms with van der Waals surface area (Å²) in [5.41, 5.74) is 9.14. The number of rotatable bonds is 2. The van der Waals surface area contributed by atoms with E-state index in [4.69, 9.17) is 5.73 Å². The predicted molar refractivity (Wildman–Crippen MR) is 80.2 cm³/mol. The zero-order valence-electron chi connectivity index (χ0n) is 12.0. The molecule has 3 rings (SSSR count). The number of likely N-dealkylation sites (tertiary alicyclic amines) is 1. The molecule has 0 amide bonds. The Morgan fingerprint density at radius 1 is 1.16 bits per heavy atom. The van der Waals surface area contributed by atoms with Crippen molar-refractivity contribution in [3.05, 3.63) is 35.4 Å². The molecule has 1 aromatic rings. The number of fused-ring (bicyclic) bond motifs is 1. The highest BCUT2D eigenvalue weighted by molar-refractivity contribution is 5.30. The number of nitrogens with two attached hydrogens (primary N) is 1. The van der Waals surface area contributed by atoms with Crippen LogP contribution in [-0.4, -0.2) is 29.6 Å². The summed E-state index contributed by atoms with van der Waals surface area (Å²) in [4.78, 5) is 2.75. The minimum absolute atomic E-state index is 0.610. The summed E-state index contributed by atoms with van der Waals surface area (Å²) in [6.45, 7) is 3.21. The number of nitrogens with zero attached hydrogens (tertiary/aromatic N) is 1. The molecule has 1 fully saturated rings. The molecule has 0 saturated carbocycles. The summed E-state index contributed by atoms with van der Waals surface area (Å²) in [5, 5.41) is 0. The van der Waals surface area contributed by atoms with Crippen LogP contribution < -0.4 is 5.73 Å². The lowest BCUT2D eigenvalue weighted by Crippen LogP contribution is -2.55. The zero-order chi connectivity index (χ0) is 13.2. The van der Waals surface area contributed by atoms with Crippen molar-refractivity contribution in [1.82, 2.24) is 4.90 Å². The molecule has 1 aliphatic heterocycles. The molecule has 2 heteroatoms. The molecule has 0 aromatic heterocycles. The van der Waals surface area contributed by atoms with Crippen LogP contribution in [0.4, 0.5) is 0 Å². The van der Waals surface area contributed by atoms with Gasteiger partial charge in [-0.1, -0.05) is 30.7 Å². The average molecular weight is 258 g/mol. The molecule has 1 aliphatic carbocycles. The molecule has 19 heavy (non-hydrogen) atoms. The topological polar surface area (TPSA) is 29.3 Å². The number of aryl methyl sites for hydroxylation is 1. The van der Waals surface area contributed by atoms with Gasteiger partial charge >= 0.3 is 0 Å². The zero-order valence-corrected chi connectivity index (χ0v) is 12.0. The lowest BCUT2D eigenvalue weighted by Gasteiger charge is -2.46. The molecular weight excluding hydrogens is 232 g/mol. The third kappa shape index (κ3) is 2.56. The first-order valence-corrected chi connectivity index (χ1v) is 7.84. The number of piperidine rings is 1. The summed E-state index contributed by atoms with van der Waals surface area (Å²) in [6.07, 6.45) is 7.74. The van der Waals surface area contributed by atoms with E-state index in [9.17, 15) is 0 Å². The van der Waals surface area contributed by atoms with E-state index < -0.39 is 0 Å². The summed E-state index contributed by atoms with van der Waals surface area (Å²) in [5.74, 6) is 0. The first-order chi connectivity index (χ1) is 9.29. The van der Waals surface area contributed by atoms with E-state index in [1.165, 1.54) is 38.5 Å². The van der Waals surface area contributed by atoms with Gasteiger partial charge in [0.05, 0.1) is 0 Å². The molecule has 0 radical (unpaired) electrons. The van der Waals surface area contributed by atoms with Crippen molar-refractivity contribution in [1.29, 1.82) is 0 Å². The highest BCUT2D eigenvalue weighted by Gasteiger charge is 2.34. The molecule has 1 heterocycles. The van der Waals surface area contributed by atoms with E-state index in [0.29, 0.717) is 18.1 Å². The molecular formula is C17H26N2. The second kappa shape index (κ2) is 5.64. The number of hydrogen-bond acceptors (Lipinski definition) is 2. The normalized spacial score (nSPS) is 32.0. The molecule has 3 atom stereocenters. The Bertz CT molecular complexity index is 429. The first kappa shape index (κ1) is 13.1. The van der Waals surface area contributed by atoms with Gasteiger partial charge in [0.1, 0.15) is 0 Å². The smallest absolute Gasteiger partial charge is 0.0224 e. The van der Waals surface area contributed by atoms with Crippen LogP contribution in [0.1, 0.15) is 43.7 Å². The molecule has 1 saturated heterocycles. The molecule has 0 spiro atoms. The lowest BCUT2D eigenvalue weighted by molar-refractivity contribution is 0.0435. The van der Waals surface area contributed by atoms with E-state index >= 15 is 0 Å². The van der Waals surface area contributed by atoms with Gasteiger partial charge in [0, 0.05) is 24.7 Å². The van der Waals surface area contributed by atoms with Gasteiger partial charge in [0.25, 0.3) is 0 Å². The van der Waals surface area contributed by atoms with Gasteiger partial charge in [-0.25, -0.2) is 0 Å². The maximum Gasteiger partial charge on any atom is 0.0224 e. The Balaban J connectivity index is 1.79. The van der Waals surface area contributed by atoms with Crippen LogP contribution in [0.25, 0.3) is 0 Å². The Hall–Kier alpha value is -0.860. The largest absolute Gasteiger partial charge is 0.329 e. The summed E-state index contributed by atoms with van der Waals surface area (Å²) in [7, 11) is 0. The fraction of sp³-hybridized carbons (Fsp3) is 0.647. The summed E-state index contributed by atoms with van der Waals surface area (Å²) >= 11 is 0. The van der Waals surface area contributed by atoms with Crippen molar-refractivity contribution in [3.63, 3.8) is 0 Å². The summed E-state index contributed by atoms with van der Waals surface area (Å²) in [6, 6.07) is 11.0. The molecule has 2 nitrogen and oxygen atoms in total. The van der Waals surface area contributed by atoms with Gasteiger partial charge in [0.15, 0.2) is 0 Å². The summed E-state index contributed by atoms with van der Waals surface area (Å²) < 4.78 is 0. The minimum atomic E-state index is 0.610. The number of benzene rings is 1. The van der Waals surface area contributed by atoms with Crippen LogP contribution in [0.15, 0.2) is 24.3 Å². The highest BCUT2D eigenvalue weighted by atomic mass is 15.2. The van der Waals surface area contributed by atoms with Crippen molar-refractivity contribution >= 4 is 0 Å². The minimum Gasteiger partial charge on any atom is -0.329 e. The molecule has 0 bridgehead atoms. The van der Waals surface area contributed by atoms with Crippen molar-refractivity contribution in [3.8, 4) is 0 Å². The first-order valence-electron chi connectivity index (χ1n) is 7.84. The van der Waals surface area contributed by atoms with Gasteiger partial charge in [-0.3, -0.25) is 4.90 Å². The maximum atomic E-state index is 6.02. The van der Waals surface area contributed by atoms with Crippen LogP contribution in [-0.2, 0) is 12.8 Å². The van der Waals surface area contributed by atoms with Crippen LogP contribution in [0.3, 0.4) is 0 Å². The number of hydrogen-bond donors (Lipinski definition) is 1. The van der Waals surface area contributed by atoms with Gasteiger partial charge in [-0.05, 0) is 50.2 Å².